The number of nitrogens with one attached hydrogen (secondary N) is 1. The monoisotopic (exact) mass is 459 g/mol. The predicted molar refractivity (Wildman–Crippen MR) is 128 cm³/mol. The molecule has 33 heavy (non-hydrogen) atoms. The number of nitrogens with zero attached hydrogens (tertiary/aromatic N) is 3. The highest BCUT2D eigenvalue weighted by Gasteiger charge is 2.26. The van der Waals surface area contributed by atoms with E-state index >= 15 is 0 Å². The molecule has 0 spiro atoms. The molecule has 2 aromatic heterocycles. The molecule has 6 rings (SSSR count). The molecule has 2 aromatic carbocycles. The van der Waals surface area contributed by atoms with Gasteiger partial charge in [-0.15, -0.1) is 0 Å². The number of aromatic nitrogens is 4. The molecule has 0 aliphatic heterocycles. The second kappa shape index (κ2) is 7.49. The summed E-state index contributed by atoms with van der Waals surface area (Å²) in [5, 5.41) is 4.95. The summed E-state index contributed by atoms with van der Waals surface area (Å²) in [6.07, 6.45) is 6.35. The van der Waals surface area contributed by atoms with Crippen molar-refractivity contribution in [3.8, 4) is 11.4 Å². The molecule has 4 aromatic rings. The summed E-state index contributed by atoms with van der Waals surface area (Å²) in [5.41, 5.74) is 11.9. The molecule has 166 valence electrons. The van der Waals surface area contributed by atoms with E-state index in [1.165, 1.54) is 19.0 Å². The minimum absolute atomic E-state index is 0.134. The zero-order chi connectivity index (χ0) is 22.7. The van der Waals surface area contributed by atoms with Crippen molar-refractivity contribution in [1.29, 1.82) is 0 Å². The largest absolute Gasteiger partial charge is 0.492 e. The number of Topliss-reactive ketones (excluding diaryl/α,β-unsaturated/α-hetero) is 1. The second-order valence-corrected chi connectivity index (χ2v) is 9.20. The van der Waals surface area contributed by atoms with Gasteiger partial charge in [0, 0.05) is 12.0 Å². The number of H-pyrrole nitrogens is 1. The van der Waals surface area contributed by atoms with Crippen LogP contribution in [-0.4, -0.2) is 32.1 Å². The van der Waals surface area contributed by atoms with Gasteiger partial charge in [0.1, 0.15) is 17.4 Å². The first-order chi connectivity index (χ1) is 16.0. The minimum atomic E-state index is -0.134. The standard InChI is InChI=1S/C25H22ClN5O2/c1-13-29-21-5-4-18(10-22(21)30-13)31-25(27)19(11-28-31)24(32)17-6-15-8-20(26)23(9-16(15)7-17)33-12-14-2-3-14/h4-6,8-11,14H,2-3,7,12,27H2,1H3,(H,29,30). The van der Waals surface area contributed by atoms with Gasteiger partial charge in [-0.1, -0.05) is 11.6 Å². The van der Waals surface area contributed by atoms with Gasteiger partial charge in [0.15, 0.2) is 5.78 Å². The number of rotatable bonds is 6. The van der Waals surface area contributed by atoms with Crippen molar-refractivity contribution in [3.05, 3.63) is 69.6 Å². The predicted octanol–water partition coefficient (Wildman–Crippen LogP) is 4.90. The first kappa shape index (κ1) is 20.1. The zero-order valence-electron chi connectivity index (χ0n) is 18.1. The molecular formula is C25H22ClN5O2. The number of ketones is 1. The number of hydrogen-bond donors (Lipinski definition) is 2. The lowest BCUT2D eigenvalue weighted by Crippen LogP contribution is -2.08. The molecule has 0 amide bonds. The number of hydrogen-bond acceptors (Lipinski definition) is 5. The van der Waals surface area contributed by atoms with E-state index in [1.807, 2.05) is 43.3 Å². The van der Waals surface area contributed by atoms with E-state index in [0.29, 0.717) is 46.7 Å². The number of aromatic amines is 1. The fourth-order valence-corrected chi connectivity index (χ4v) is 4.49. The van der Waals surface area contributed by atoms with Gasteiger partial charge in [-0.05, 0) is 73.2 Å². The molecule has 0 bridgehead atoms. The van der Waals surface area contributed by atoms with Crippen LogP contribution in [0.25, 0.3) is 22.8 Å². The summed E-state index contributed by atoms with van der Waals surface area (Å²) >= 11 is 6.42. The Labute approximate surface area is 195 Å². The molecule has 0 radical (unpaired) electrons. The number of carbonyl (C=O) groups is 1. The fourth-order valence-electron chi connectivity index (χ4n) is 4.26. The van der Waals surface area contributed by atoms with Crippen molar-refractivity contribution in [2.24, 2.45) is 5.92 Å². The maximum atomic E-state index is 13.3. The Hall–Kier alpha value is -3.58. The van der Waals surface area contributed by atoms with Gasteiger partial charge in [0.25, 0.3) is 0 Å². The van der Waals surface area contributed by atoms with Gasteiger partial charge in [-0.25, -0.2) is 9.67 Å². The molecule has 1 saturated carbocycles. The molecule has 0 unspecified atom stereocenters. The molecule has 2 aliphatic carbocycles. The molecule has 1 fully saturated rings. The van der Waals surface area contributed by atoms with Crippen LogP contribution < -0.4 is 10.5 Å². The van der Waals surface area contributed by atoms with Crippen molar-refractivity contribution in [3.63, 3.8) is 0 Å². The van der Waals surface area contributed by atoms with Crippen molar-refractivity contribution in [1.82, 2.24) is 19.7 Å². The van der Waals surface area contributed by atoms with Gasteiger partial charge in [-0.3, -0.25) is 4.79 Å². The summed E-state index contributed by atoms with van der Waals surface area (Å²) in [5.74, 6) is 2.33. The van der Waals surface area contributed by atoms with Gasteiger partial charge >= 0.3 is 0 Å². The van der Waals surface area contributed by atoms with Crippen LogP contribution in [0.1, 0.15) is 40.2 Å². The highest BCUT2D eigenvalue weighted by molar-refractivity contribution is 6.32. The molecule has 2 heterocycles. The summed E-state index contributed by atoms with van der Waals surface area (Å²) in [6.45, 7) is 2.60. The van der Waals surface area contributed by atoms with Gasteiger partial charge in [0.2, 0.25) is 0 Å². The van der Waals surface area contributed by atoms with E-state index in [4.69, 9.17) is 22.1 Å². The van der Waals surface area contributed by atoms with Crippen molar-refractivity contribution >= 4 is 40.3 Å². The van der Waals surface area contributed by atoms with Gasteiger partial charge in [-0.2, -0.15) is 5.10 Å². The van der Waals surface area contributed by atoms with E-state index in [0.717, 1.165) is 33.7 Å². The summed E-state index contributed by atoms with van der Waals surface area (Å²) in [7, 11) is 0. The van der Waals surface area contributed by atoms with Crippen LogP contribution in [0.15, 0.2) is 42.1 Å². The van der Waals surface area contributed by atoms with Gasteiger partial charge in [0.05, 0.1) is 40.1 Å². The lowest BCUT2D eigenvalue weighted by molar-refractivity contribution is 0.103. The maximum absolute atomic E-state index is 13.3. The highest BCUT2D eigenvalue weighted by Crippen LogP contribution is 2.37. The lowest BCUT2D eigenvalue weighted by atomic mass is 10.0. The topological polar surface area (TPSA) is 98.8 Å². The Kier molecular flexibility index (Phi) is 4.55. The quantitative estimate of drug-likeness (QED) is 0.399. The molecule has 0 saturated heterocycles. The van der Waals surface area contributed by atoms with E-state index in [1.54, 1.807) is 4.68 Å². The number of nitrogens with two attached hydrogens (primary N) is 1. The molecule has 0 atom stereocenters. The zero-order valence-corrected chi connectivity index (χ0v) is 18.8. The van der Waals surface area contributed by atoms with Crippen LogP contribution in [0.3, 0.4) is 0 Å². The number of nitrogen functional groups attached to an aromatic ring is 1. The van der Waals surface area contributed by atoms with E-state index < -0.39 is 0 Å². The molecular weight excluding hydrogens is 438 g/mol. The number of imidazole rings is 1. The number of benzene rings is 2. The second-order valence-electron chi connectivity index (χ2n) is 8.79. The summed E-state index contributed by atoms with van der Waals surface area (Å²) in [4.78, 5) is 20.9. The molecule has 7 nitrogen and oxygen atoms in total. The van der Waals surface area contributed by atoms with Crippen LogP contribution >= 0.6 is 11.6 Å². The Morgan fingerprint density at radius 1 is 1.30 bits per heavy atom. The Morgan fingerprint density at radius 3 is 2.97 bits per heavy atom. The first-order valence-corrected chi connectivity index (χ1v) is 11.3. The number of fused-ring (bicyclic) bond motifs is 2. The number of allylic oxidation sites excluding steroid dienone is 1. The fraction of sp³-hybridized carbons (Fsp3) is 0.240. The minimum Gasteiger partial charge on any atom is -0.492 e. The number of carbonyl (C=O) groups excluding carboxylic acids is 1. The smallest absolute Gasteiger partial charge is 0.194 e. The maximum Gasteiger partial charge on any atom is 0.194 e. The Bertz CT molecular complexity index is 1460. The SMILES string of the molecule is Cc1nc2ccc(-n3ncc(C(=O)C4=Cc5cc(Cl)c(OCC6CC6)cc5C4)c3N)cc2[nH]1. The third-order valence-electron chi connectivity index (χ3n) is 6.25. The van der Waals surface area contributed by atoms with E-state index in [-0.39, 0.29) is 5.78 Å². The summed E-state index contributed by atoms with van der Waals surface area (Å²) < 4.78 is 7.47. The van der Waals surface area contributed by atoms with E-state index in [2.05, 4.69) is 15.1 Å². The number of halogens is 1. The average Bonchev–Trinajstić information content (AvgIpc) is 3.22. The molecule has 2 aliphatic rings. The molecule has 8 heteroatoms. The van der Waals surface area contributed by atoms with Crippen LogP contribution in [0.4, 0.5) is 5.82 Å². The highest BCUT2D eigenvalue weighted by atomic mass is 35.5. The van der Waals surface area contributed by atoms with Crippen LogP contribution in [-0.2, 0) is 6.42 Å². The summed E-state index contributed by atoms with van der Waals surface area (Å²) in [6, 6.07) is 9.53. The van der Waals surface area contributed by atoms with Crippen molar-refractivity contribution < 1.29 is 9.53 Å². The van der Waals surface area contributed by atoms with Crippen LogP contribution in [0.2, 0.25) is 5.02 Å². The third kappa shape index (κ3) is 3.58. The van der Waals surface area contributed by atoms with Crippen molar-refractivity contribution in [2.45, 2.75) is 26.2 Å². The number of ether oxygens (including phenoxy) is 1. The van der Waals surface area contributed by atoms with Crippen LogP contribution in [0, 0.1) is 12.8 Å². The number of aryl methyl sites for hydroxylation is 1. The first-order valence-electron chi connectivity index (χ1n) is 11.0. The average molecular weight is 460 g/mol. The normalized spacial score (nSPS) is 15.0. The number of anilines is 1. The molecule has 3 N–H and O–H groups in total. The van der Waals surface area contributed by atoms with Crippen molar-refractivity contribution in [2.75, 3.05) is 12.3 Å². The Balaban J connectivity index is 1.26. The Morgan fingerprint density at radius 2 is 2.15 bits per heavy atom. The van der Waals surface area contributed by atoms with Gasteiger partial charge < -0.3 is 15.5 Å². The van der Waals surface area contributed by atoms with Crippen LogP contribution in [0.5, 0.6) is 5.75 Å². The third-order valence-corrected chi connectivity index (χ3v) is 6.54. The lowest BCUT2D eigenvalue weighted by Gasteiger charge is -2.09. The van der Waals surface area contributed by atoms with E-state index in [9.17, 15) is 4.79 Å².